The van der Waals surface area contributed by atoms with Crippen LogP contribution in [0.2, 0.25) is 5.02 Å². The number of phenols is 1. The van der Waals surface area contributed by atoms with Gasteiger partial charge in [0.1, 0.15) is 5.75 Å². The van der Waals surface area contributed by atoms with E-state index in [1.807, 2.05) is 0 Å². The average molecular weight is 321 g/mol. The summed E-state index contributed by atoms with van der Waals surface area (Å²) in [4.78, 5) is 12.0. The number of carbonyl (C=O) groups excluding carboxylic acids is 1. The summed E-state index contributed by atoms with van der Waals surface area (Å²) < 4.78 is 0. The monoisotopic (exact) mass is 319 g/mol. The van der Waals surface area contributed by atoms with Crippen molar-refractivity contribution in [3.05, 3.63) is 28.8 Å². The largest absolute Gasteiger partial charge is 0.507 e. The average Bonchev–Trinajstić information content (AvgIpc) is 2.25. The van der Waals surface area contributed by atoms with Gasteiger partial charge < -0.3 is 10.4 Å². The van der Waals surface area contributed by atoms with E-state index in [9.17, 15) is 9.90 Å². The molecule has 0 aliphatic heterocycles. The van der Waals surface area contributed by atoms with Crippen LogP contribution in [0.25, 0.3) is 0 Å². The molecule has 1 rings (SSSR count). The van der Waals surface area contributed by atoms with E-state index >= 15 is 0 Å². The molecule has 2 N–H and O–H groups in total. The Morgan fingerprint density at radius 2 is 2.18 bits per heavy atom. The van der Waals surface area contributed by atoms with Crippen LogP contribution in [0, 0.1) is 5.92 Å². The lowest BCUT2D eigenvalue weighted by Gasteiger charge is -2.14. The Morgan fingerprint density at radius 3 is 2.71 bits per heavy atom. The third-order valence-electron chi connectivity index (χ3n) is 2.39. The second-order valence-corrected chi connectivity index (χ2v) is 5.74. The van der Waals surface area contributed by atoms with Crippen molar-refractivity contribution < 1.29 is 9.90 Å². The lowest BCUT2D eigenvalue weighted by Crippen LogP contribution is -2.31. The number of alkyl halides is 1. The molecule has 94 valence electrons. The molecule has 1 aromatic carbocycles. The maximum atomic E-state index is 11.8. The summed E-state index contributed by atoms with van der Waals surface area (Å²) in [5.74, 6) is 0.0176. The highest BCUT2D eigenvalue weighted by Crippen LogP contribution is 2.21. The van der Waals surface area contributed by atoms with E-state index in [1.54, 1.807) is 6.07 Å². The van der Waals surface area contributed by atoms with Crippen LogP contribution < -0.4 is 5.32 Å². The molecule has 0 spiro atoms. The first-order valence-corrected chi connectivity index (χ1v) is 6.62. The maximum absolute atomic E-state index is 11.8. The summed E-state index contributed by atoms with van der Waals surface area (Å²) in [5.41, 5.74) is 0.234. The molecule has 1 unspecified atom stereocenters. The van der Waals surface area contributed by atoms with Crippen molar-refractivity contribution in [2.24, 2.45) is 5.92 Å². The lowest BCUT2D eigenvalue weighted by molar-refractivity contribution is 0.0950. The molecule has 0 aliphatic rings. The molecule has 0 saturated heterocycles. The number of hydrogen-bond acceptors (Lipinski definition) is 2. The number of halogens is 2. The van der Waals surface area contributed by atoms with Crippen molar-refractivity contribution in [2.75, 3.05) is 6.54 Å². The van der Waals surface area contributed by atoms with Gasteiger partial charge in [-0.3, -0.25) is 4.79 Å². The molecule has 1 aromatic rings. The molecular formula is C12H15BrClNO2. The fraction of sp³-hybridized carbons (Fsp3) is 0.417. The maximum Gasteiger partial charge on any atom is 0.255 e. The number of benzene rings is 1. The first-order valence-electron chi connectivity index (χ1n) is 5.32. The van der Waals surface area contributed by atoms with Gasteiger partial charge in [-0.2, -0.15) is 0 Å². The Morgan fingerprint density at radius 1 is 1.53 bits per heavy atom. The zero-order valence-electron chi connectivity index (χ0n) is 9.71. The van der Waals surface area contributed by atoms with Gasteiger partial charge in [-0.05, 0) is 24.1 Å². The topological polar surface area (TPSA) is 49.3 Å². The molecule has 1 amide bonds. The van der Waals surface area contributed by atoms with E-state index in [4.69, 9.17) is 11.6 Å². The number of nitrogens with one attached hydrogen (secondary N) is 1. The molecule has 0 bridgehead atoms. The Hall–Kier alpha value is -0.740. The van der Waals surface area contributed by atoms with Gasteiger partial charge in [0.05, 0.1) is 5.56 Å². The summed E-state index contributed by atoms with van der Waals surface area (Å²) in [6, 6.07) is 4.43. The van der Waals surface area contributed by atoms with Gasteiger partial charge in [0.2, 0.25) is 0 Å². The Bertz CT molecular complexity index is 409. The molecule has 5 heteroatoms. The Labute approximate surface area is 114 Å². The van der Waals surface area contributed by atoms with Gasteiger partial charge in [0.25, 0.3) is 5.91 Å². The highest BCUT2D eigenvalue weighted by molar-refractivity contribution is 9.09. The highest BCUT2D eigenvalue weighted by Gasteiger charge is 2.14. The van der Waals surface area contributed by atoms with Crippen molar-refractivity contribution in [3.63, 3.8) is 0 Å². The van der Waals surface area contributed by atoms with Crippen LogP contribution in [-0.2, 0) is 0 Å². The summed E-state index contributed by atoms with van der Waals surface area (Å²) in [6.45, 7) is 4.63. The molecule has 0 aliphatic carbocycles. The molecule has 17 heavy (non-hydrogen) atoms. The van der Waals surface area contributed by atoms with E-state index in [1.165, 1.54) is 12.1 Å². The number of aromatic hydroxyl groups is 1. The molecule has 3 nitrogen and oxygen atoms in total. The third-order valence-corrected chi connectivity index (χ3v) is 4.00. The smallest absolute Gasteiger partial charge is 0.255 e. The van der Waals surface area contributed by atoms with Crippen LogP contribution in [0.1, 0.15) is 24.2 Å². The van der Waals surface area contributed by atoms with Gasteiger partial charge in [0.15, 0.2) is 0 Å². The van der Waals surface area contributed by atoms with Crippen LogP contribution in [0.15, 0.2) is 18.2 Å². The van der Waals surface area contributed by atoms with Crippen molar-refractivity contribution in [1.82, 2.24) is 5.32 Å². The van der Waals surface area contributed by atoms with E-state index < -0.39 is 0 Å². The van der Waals surface area contributed by atoms with Gasteiger partial charge in [-0.1, -0.05) is 41.4 Å². The number of carbonyl (C=O) groups is 1. The molecule has 0 heterocycles. The molecule has 0 radical (unpaired) electrons. The minimum Gasteiger partial charge on any atom is -0.507 e. The van der Waals surface area contributed by atoms with Crippen LogP contribution in [-0.4, -0.2) is 22.4 Å². The van der Waals surface area contributed by atoms with Crippen LogP contribution >= 0.6 is 27.5 Å². The van der Waals surface area contributed by atoms with Crippen molar-refractivity contribution in [1.29, 1.82) is 0 Å². The second-order valence-electron chi connectivity index (χ2n) is 4.13. The first-order chi connectivity index (χ1) is 7.91. The van der Waals surface area contributed by atoms with Gasteiger partial charge >= 0.3 is 0 Å². The van der Waals surface area contributed by atoms with Crippen molar-refractivity contribution in [2.45, 2.75) is 18.7 Å². The predicted molar refractivity (Wildman–Crippen MR) is 73.0 cm³/mol. The normalized spacial score (nSPS) is 12.5. The van der Waals surface area contributed by atoms with Gasteiger partial charge in [-0.25, -0.2) is 0 Å². The molecular weight excluding hydrogens is 305 g/mol. The summed E-state index contributed by atoms with van der Waals surface area (Å²) >= 11 is 9.17. The van der Waals surface area contributed by atoms with Crippen molar-refractivity contribution in [3.8, 4) is 5.75 Å². The fourth-order valence-electron chi connectivity index (χ4n) is 1.22. The third kappa shape index (κ3) is 4.21. The number of phenolic OH excluding ortho intramolecular Hbond substituents is 1. The summed E-state index contributed by atoms with van der Waals surface area (Å²) in [7, 11) is 0. The van der Waals surface area contributed by atoms with Crippen LogP contribution in [0.4, 0.5) is 0 Å². The van der Waals surface area contributed by atoms with E-state index in [0.29, 0.717) is 17.5 Å². The summed E-state index contributed by atoms with van der Waals surface area (Å²) in [5, 5.41) is 12.7. The van der Waals surface area contributed by atoms with Crippen molar-refractivity contribution >= 4 is 33.4 Å². The standard InChI is InChI=1S/C12H15BrClNO2/c1-7(2)10(13)6-15-12(17)9-4-3-8(14)5-11(9)16/h3-5,7,10,16H,6H2,1-2H3,(H,15,17). The van der Waals surface area contributed by atoms with Crippen LogP contribution in [0.3, 0.4) is 0 Å². The zero-order chi connectivity index (χ0) is 13.0. The Balaban J connectivity index is 2.64. The quantitative estimate of drug-likeness (QED) is 0.837. The highest BCUT2D eigenvalue weighted by atomic mass is 79.9. The number of amides is 1. The zero-order valence-corrected chi connectivity index (χ0v) is 12.0. The minimum absolute atomic E-state index is 0.106. The summed E-state index contributed by atoms with van der Waals surface area (Å²) in [6.07, 6.45) is 0. The van der Waals surface area contributed by atoms with E-state index in [2.05, 4.69) is 35.1 Å². The van der Waals surface area contributed by atoms with Gasteiger partial charge in [-0.15, -0.1) is 0 Å². The Kier molecular flexibility index (Phi) is 5.28. The first kappa shape index (κ1) is 14.3. The fourth-order valence-corrected chi connectivity index (χ4v) is 1.55. The molecule has 0 aromatic heterocycles. The minimum atomic E-state index is -0.302. The van der Waals surface area contributed by atoms with E-state index in [0.717, 1.165) is 0 Å². The molecule has 0 saturated carbocycles. The van der Waals surface area contributed by atoms with Gasteiger partial charge in [0, 0.05) is 16.4 Å². The van der Waals surface area contributed by atoms with E-state index in [-0.39, 0.29) is 22.0 Å². The predicted octanol–water partition coefficient (Wildman–Crippen LogP) is 3.19. The van der Waals surface area contributed by atoms with Crippen LogP contribution in [0.5, 0.6) is 5.75 Å². The molecule has 0 fully saturated rings. The lowest BCUT2D eigenvalue weighted by atomic mass is 10.1. The number of rotatable bonds is 4. The SMILES string of the molecule is CC(C)C(Br)CNC(=O)c1ccc(Cl)cc1O. The number of hydrogen-bond donors (Lipinski definition) is 2. The molecule has 1 atom stereocenters. The second kappa shape index (κ2) is 6.26.